The fraction of sp³-hybridized carbons (Fsp3) is 0.333. The van der Waals surface area contributed by atoms with Crippen LogP contribution in [0.15, 0.2) is 46.2 Å². The summed E-state index contributed by atoms with van der Waals surface area (Å²) in [7, 11) is -3.80. The molecule has 7 nitrogen and oxygen atoms in total. The Morgan fingerprint density at radius 2 is 1.71 bits per heavy atom. The van der Waals surface area contributed by atoms with Crippen LogP contribution in [0.4, 0.5) is 8.78 Å². The summed E-state index contributed by atoms with van der Waals surface area (Å²) in [5, 5.41) is 4.14. The fourth-order valence-corrected chi connectivity index (χ4v) is 5.07. The molecule has 3 aromatic rings. The molecule has 0 unspecified atom stereocenters. The van der Waals surface area contributed by atoms with Crippen molar-refractivity contribution in [3.63, 3.8) is 0 Å². The first kappa shape index (κ1) is 18.8. The number of sulfonamides is 1. The molecule has 0 atom stereocenters. The van der Waals surface area contributed by atoms with Gasteiger partial charge in [-0.15, -0.1) is 5.10 Å². The zero-order valence-corrected chi connectivity index (χ0v) is 15.7. The number of halogens is 2. The summed E-state index contributed by atoms with van der Waals surface area (Å²) in [6.07, 6.45) is 3.97. The molecule has 148 valence electrons. The number of hydrogen-bond donors (Lipinski definition) is 0. The van der Waals surface area contributed by atoms with Crippen LogP contribution in [-0.4, -0.2) is 40.0 Å². The van der Waals surface area contributed by atoms with Gasteiger partial charge in [0.1, 0.15) is 16.5 Å². The van der Waals surface area contributed by atoms with Gasteiger partial charge in [0.05, 0.1) is 6.54 Å². The third-order valence-electron chi connectivity index (χ3n) is 4.76. The Labute approximate surface area is 159 Å². The van der Waals surface area contributed by atoms with Crippen molar-refractivity contribution in [1.29, 1.82) is 0 Å². The van der Waals surface area contributed by atoms with Gasteiger partial charge < -0.3 is 0 Å². The molecule has 1 aromatic carbocycles. The fourth-order valence-electron chi connectivity index (χ4n) is 3.44. The Morgan fingerprint density at radius 3 is 2.39 bits per heavy atom. The maximum Gasteiger partial charge on any atom is 0.350 e. The number of piperidine rings is 1. The van der Waals surface area contributed by atoms with Crippen molar-refractivity contribution >= 4 is 15.7 Å². The van der Waals surface area contributed by atoms with Gasteiger partial charge in [0, 0.05) is 25.4 Å². The van der Waals surface area contributed by atoms with Crippen LogP contribution < -0.4 is 5.69 Å². The SMILES string of the molecule is O=c1n(Cc2cc(F)cc(F)c2)nc2c(S(=O)(=O)N3CCCCC3)cccn12. The Bertz CT molecular complexity index is 1180. The molecule has 0 aliphatic carbocycles. The van der Waals surface area contributed by atoms with Crippen LogP contribution in [0, 0.1) is 11.6 Å². The zero-order valence-electron chi connectivity index (χ0n) is 14.9. The lowest BCUT2D eigenvalue weighted by atomic mass is 10.2. The van der Waals surface area contributed by atoms with Crippen molar-refractivity contribution < 1.29 is 17.2 Å². The maximum atomic E-state index is 13.4. The van der Waals surface area contributed by atoms with Gasteiger partial charge in [-0.1, -0.05) is 6.42 Å². The van der Waals surface area contributed by atoms with Gasteiger partial charge >= 0.3 is 5.69 Å². The van der Waals surface area contributed by atoms with Gasteiger partial charge in [-0.05, 0) is 42.7 Å². The molecule has 4 rings (SSSR count). The van der Waals surface area contributed by atoms with E-state index >= 15 is 0 Å². The minimum atomic E-state index is -3.80. The smallest absolute Gasteiger partial charge is 0.249 e. The normalized spacial score (nSPS) is 15.9. The Balaban J connectivity index is 1.79. The second kappa shape index (κ2) is 7.10. The second-order valence-corrected chi connectivity index (χ2v) is 8.66. The summed E-state index contributed by atoms with van der Waals surface area (Å²) in [4.78, 5) is 12.6. The molecule has 10 heteroatoms. The van der Waals surface area contributed by atoms with Crippen LogP contribution in [0.3, 0.4) is 0 Å². The highest BCUT2D eigenvalue weighted by atomic mass is 32.2. The lowest BCUT2D eigenvalue weighted by Gasteiger charge is -2.25. The van der Waals surface area contributed by atoms with Gasteiger partial charge in [0.2, 0.25) is 10.0 Å². The number of benzene rings is 1. The van der Waals surface area contributed by atoms with Crippen molar-refractivity contribution in [2.45, 2.75) is 30.7 Å². The maximum absolute atomic E-state index is 13.4. The first-order chi connectivity index (χ1) is 13.4. The van der Waals surface area contributed by atoms with E-state index in [-0.39, 0.29) is 22.7 Å². The van der Waals surface area contributed by atoms with Crippen LogP contribution >= 0.6 is 0 Å². The van der Waals surface area contributed by atoms with Crippen molar-refractivity contribution in [2.24, 2.45) is 0 Å². The number of fused-ring (bicyclic) bond motifs is 1. The quantitative estimate of drug-likeness (QED) is 0.662. The molecule has 0 N–H and O–H groups in total. The third kappa shape index (κ3) is 3.33. The first-order valence-electron chi connectivity index (χ1n) is 8.89. The lowest BCUT2D eigenvalue weighted by Crippen LogP contribution is -2.35. The lowest BCUT2D eigenvalue weighted by molar-refractivity contribution is 0.347. The van der Waals surface area contributed by atoms with E-state index in [2.05, 4.69) is 5.10 Å². The average Bonchev–Trinajstić information content (AvgIpc) is 2.97. The Morgan fingerprint density at radius 1 is 1.04 bits per heavy atom. The van der Waals surface area contributed by atoms with Gasteiger partial charge in [-0.3, -0.25) is 0 Å². The Kier molecular flexibility index (Phi) is 4.76. The molecule has 0 radical (unpaired) electrons. The summed E-state index contributed by atoms with van der Waals surface area (Å²) in [6, 6.07) is 5.83. The monoisotopic (exact) mass is 408 g/mol. The molecular formula is C18H18F2N4O3S. The molecule has 0 spiro atoms. The molecule has 3 heterocycles. The summed E-state index contributed by atoms with van der Waals surface area (Å²) in [5.74, 6) is -1.53. The van der Waals surface area contributed by atoms with E-state index in [4.69, 9.17) is 0 Å². The van der Waals surface area contributed by atoms with Crippen molar-refractivity contribution in [1.82, 2.24) is 18.5 Å². The van der Waals surface area contributed by atoms with Crippen molar-refractivity contribution in [2.75, 3.05) is 13.1 Å². The molecule has 1 fully saturated rings. The van der Waals surface area contributed by atoms with E-state index in [0.29, 0.717) is 13.1 Å². The number of nitrogens with zero attached hydrogens (tertiary/aromatic N) is 4. The predicted molar refractivity (Wildman–Crippen MR) is 97.5 cm³/mol. The van der Waals surface area contributed by atoms with E-state index in [1.807, 2.05) is 0 Å². The molecule has 0 saturated carbocycles. The zero-order chi connectivity index (χ0) is 19.9. The molecule has 0 amide bonds. The van der Waals surface area contributed by atoms with Gasteiger partial charge in [-0.25, -0.2) is 31.1 Å². The van der Waals surface area contributed by atoms with Crippen molar-refractivity contribution in [3.8, 4) is 0 Å². The summed E-state index contributed by atoms with van der Waals surface area (Å²) >= 11 is 0. The molecule has 0 bridgehead atoms. The minimum absolute atomic E-state index is 0.00468. The van der Waals surface area contributed by atoms with E-state index in [1.165, 1.54) is 22.6 Å². The number of rotatable bonds is 4. The highest BCUT2D eigenvalue weighted by molar-refractivity contribution is 7.89. The third-order valence-corrected chi connectivity index (χ3v) is 6.68. The largest absolute Gasteiger partial charge is 0.350 e. The first-order valence-corrected chi connectivity index (χ1v) is 10.3. The number of aromatic nitrogens is 3. The average molecular weight is 408 g/mol. The van der Waals surface area contributed by atoms with E-state index in [9.17, 15) is 22.0 Å². The standard InChI is InChI=1S/C18H18F2N4O3S/c19-14-9-13(10-15(20)11-14)12-24-18(25)23-8-4-5-16(17(23)21-24)28(26,27)22-6-2-1-3-7-22/h4-5,8-11H,1-3,6-7,12H2. The molecule has 1 aliphatic heterocycles. The summed E-state index contributed by atoms with van der Waals surface area (Å²) in [5.41, 5.74) is -0.381. The highest BCUT2D eigenvalue weighted by Gasteiger charge is 2.29. The van der Waals surface area contributed by atoms with Crippen LogP contribution in [0.5, 0.6) is 0 Å². The Hall–Kier alpha value is -2.59. The van der Waals surface area contributed by atoms with Gasteiger partial charge in [-0.2, -0.15) is 4.31 Å². The molecule has 2 aromatic heterocycles. The van der Waals surface area contributed by atoms with E-state index < -0.39 is 27.3 Å². The highest BCUT2D eigenvalue weighted by Crippen LogP contribution is 2.23. The van der Waals surface area contributed by atoms with Crippen molar-refractivity contribution in [3.05, 3.63) is 64.2 Å². The molecule has 1 aliphatic rings. The topological polar surface area (TPSA) is 76.7 Å². The van der Waals surface area contributed by atoms with Crippen LogP contribution in [0.1, 0.15) is 24.8 Å². The number of hydrogen-bond acceptors (Lipinski definition) is 4. The molecular weight excluding hydrogens is 390 g/mol. The molecule has 28 heavy (non-hydrogen) atoms. The second-order valence-electron chi connectivity index (χ2n) is 6.75. The van der Waals surface area contributed by atoms with Crippen LogP contribution in [-0.2, 0) is 16.6 Å². The number of pyridine rings is 1. The van der Waals surface area contributed by atoms with Gasteiger partial charge in [0.25, 0.3) is 0 Å². The predicted octanol–water partition coefficient (Wildman–Crippen LogP) is 2.00. The minimum Gasteiger partial charge on any atom is -0.249 e. The van der Waals surface area contributed by atoms with Gasteiger partial charge in [0.15, 0.2) is 5.65 Å². The molecule has 1 saturated heterocycles. The van der Waals surface area contributed by atoms with Crippen LogP contribution in [0.25, 0.3) is 5.65 Å². The van der Waals surface area contributed by atoms with E-state index in [1.54, 1.807) is 0 Å². The van der Waals surface area contributed by atoms with Crippen LogP contribution in [0.2, 0.25) is 0 Å². The summed E-state index contributed by atoms with van der Waals surface area (Å²) < 4.78 is 56.4. The summed E-state index contributed by atoms with van der Waals surface area (Å²) in [6.45, 7) is 0.673. The van der Waals surface area contributed by atoms with E-state index in [0.717, 1.165) is 46.5 Å².